The molecule has 2 atom stereocenters. The maximum absolute atomic E-state index is 12.2. The lowest BCUT2D eigenvalue weighted by molar-refractivity contribution is -0.124. The zero-order chi connectivity index (χ0) is 16.2. The highest BCUT2D eigenvalue weighted by Crippen LogP contribution is 2.29. The Kier molecular flexibility index (Phi) is 5.63. The summed E-state index contributed by atoms with van der Waals surface area (Å²) in [6.07, 6.45) is 5.01. The van der Waals surface area contributed by atoms with Crippen LogP contribution in [-0.4, -0.2) is 18.6 Å². The standard InChI is InChI=1S/C19H29NO2/c1-14-9-5-8-12-17(14)22-13-18(21)20-16-11-7-6-10-15(16)19(2,3)4/h6-7,10-11,14,17H,5,8-9,12-13H2,1-4H3,(H,20,21). The molecule has 0 bridgehead atoms. The van der Waals surface area contributed by atoms with E-state index in [9.17, 15) is 4.79 Å². The van der Waals surface area contributed by atoms with Crippen LogP contribution >= 0.6 is 0 Å². The van der Waals surface area contributed by atoms with Crippen LogP contribution < -0.4 is 5.32 Å². The van der Waals surface area contributed by atoms with E-state index >= 15 is 0 Å². The molecule has 1 aromatic carbocycles. The molecule has 1 N–H and O–H groups in total. The van der Waals surface area contributed by atoms with Crippen molar-refractivity contribution in [1.29, 1.82) is 0 Å². The molecular weight excluding hydrogens is 274 g/mol. The fraction of sp³-hybridized carbons (Fsp3) is 0.632. The minimum absolute atomic E-state index is 0.00259. The van der Waals surface area contributed by atoms with Gasteiger partial charge in [0.25, 0.3) is 0 Å². The van der Waals surface area contributed by atoms with Crippen LogP contribution in [0.15, 0.2) is 24.3 Å². The van der Waals surface area contributed by atoms with Crippen molar-refractivity contribution < 1.29 is 9.53 Å². The molecule has 1 aromatic rings. The molecule has 1 amide bonds. The van der Waals surface area contributed by atoms with Crippen molar-refractivity contribution in [1.82, 2.24) is 0 Å². The van der Waals surface area contributed by atoms with E-state index < -0.39 is 0 Å². The minimum Gasteiger partial charge on any atom is -0.368 e. The van der Waals surface area contributed by atoms with Crippen LogP contribution in [0.25, 0.3) is 0 Å². The smallest absolute Gasteiger partial charge is 0.250 e. The Morgan fingerprint density at radius 1 is 1.23 bits per heavy atom. The van der Waals surface area contributed by atoms with Gasteiger partial charge in [0, 0.05) is 5.69 Å². The Morgan fingerprint density at radius 2 is 1.91 bits per heavy atom. The molecule has 0 aromatic heterocycles. The number of hydrogen-bond donors (Lipinski definition) is 1. The second kappa shape index (κ2) is 7.28. The summed E-state index contributed by atoms with van der Waals surface area (Å²) in [5, 5.41) is 3.01. The van der Waals surface area contributed by atoms with Crippen LogP contribution in [0.4, 0.5) is 5.69 Å². The summed E-state index contributed by atoms with van der Waals surface area (Å²) in [5.74, 6) is 0.498. The van der Waals surface area contributed by atoms with Gasteiger partial charge in [-0.15, -0.1) is 0 Å². The highest BCUT2D eigenvalue weighted by molar-refractivity contribution is 5.92. The molecule has 0 radical (unpaired) electrons. The van der Waals surface area contributed by atoms with Crippen LogP contribution in [0.2, 0.25) is 0 Å². The summed E-state index contributed by atoms with van der Waals surface area (Å²) in [5.41, 5.74) is 2.04. The highest BCUT2D eigenvalue weighted by atomic mass is 16.5. The fourth-order valence-corrected chi connectivity index (χ4v) is 3.14. The number of para-hydroxylation sites is 1. The SMILES string of the molecule is CC1CCCCC1OCC(=O)Nc1ccccc1C(C)(C)C. The van der Waals surface area contributed by atoms with Gasteiger partial charge in [0.05, 0.1) is 6.10 Å². The number of anilines is 1. The van der Waals surface area contributed by atoms with Crippen LogP contribution in [0.1, 0.15) is 58.9 Å². The van der Waals surface area contributed by atoms with Gasteiger partial charge < -0.3 is 10.1 Å². The quantitative estimate of drug-likeness (QED) is 0.888. The Morgan fingerprint density at radius 3 is 2.59 bits per heavy atom. The summed E-state index contributed by atoms with van der Waals surface area (Å²) >= 11 is 0. The molecule has 0 saturated heterocycles. The molecule has 0 heterocycles. The summed E-state index contributed by atoms with van der Waals surface area (Å²) < 4.78 is 5.84. The van der Waals surface area contributed by atoms with Gasteiger partial charge in [-0.05, 0) is 35.8 Å². The number of benzene rings is 1. The van der Waals surface area contributed by atoms with E-state index in [0.717, 1.165) is 17.7 Å². The number of hydrogen-bond acceptors (Lipinski definition) is 2. The molecule has 2 unspecified atom stereocenters. The van der Waals surface area contributed by atoms with Gasteiger partial charge in [0.15, 0.2) is 0 Å². The van der Waals surface area contributed by atoms with E-state index in [1.165, 1.54) is 19.3 Å². The summed E-state index contributed by atoms with van der Waals surface area (Å²) in [7, 11) is 0. The van der Waals surface area contributed by atoms with Crippen molar-refractivity contribution in [2.24, 2.45) is 5.92 Å². The van der Waals surface area contributed by atoms with Crippen molar-refractivity contribution in [3.8, 4) is 0 Å². The van der Waals surface area contributed by atoms with Crippen LogP contribution in [0.5, 0.6) is 0 Å². The third-order valence-corrected chi connectivity index (χ3v) is 4.47. The first-order valence-electron chi connectivity index (χ1n) is 8.39. The second-order valence-corrected chi connectivity index (χ2v) is 7.45. The topological polar surface area (TPSA) is 38.3 Å². The minimum atomic E-state index is -0.0607. The number of carbonyl (C=O) groups excluding carboxylic acids is 1. The van der Waals surface area contributed by atoms with E-state index in [1.807, 2.05) is 18.2 Å². The lowest BCUT2D eigenvalue weighted by atomic mass is 9.86. The number of rotatable bonds is 4. The average molecular weight is 303 g/mol. The maximum Gasteiger partial charge on any atom is 0.250 e. The predicted octanol–water partition coefficient (Wildman–Crippen LogP) is 4.52. The van der Waals surface area contributed by atoms with Crippen molar-refractivity contribution >= 4 is 11.6 Å². The normalized spacial score (nSPS) is 22.4. The van der Waals surface area contributed by atoms with Crippen molar-refractivity contribution in [3.63, 3.8) is 0 Å². The van der Waals surface area contributed by atoms with Crippen molar-refractivity contribution in [2.75, 3.05) is 11.9 Å². The summed E-state index contributed by atoms with van der Waals surface area (Å²) in [6.45, 7) is 8.82. The molecule has 0 spiro atoms. The van der Waals surface area contributed by atoms with E-state index in [1.54, 1.807) is 0 Å². The summed E-state index contributed by atoms with van der Waals surface area (Å²) in [4.78, 5) is 12.2. The molecule has 22 heavy (non-hydrogen) atoms. The molecule has 1 fully saturated rings. The Bertz CT molecular complexity index is 504. The first-order chi connectivity index (χ1) is 10.4. The van der Waals surface area contributed by atoms with Crippen molar-refractivity contribution in [3.05, 3.63) is 29.8 Å². The van der Waals surface area contributed by atoms with Gasteiger partial charge in [-0.25, -0.2) is 0 Å². The Balaban J connectivity index is 1.92. The van der Waals surface area contributed by atoms with E-state index in [-0.39, 0.29) is 24.0 Å². The summed E-state index contributed by atoms with van der Waals surface area (Å²) in [6, 6.07) is 7.99. The van der Waals surface area contributed by atoms with Gasteiger partial charge in [-0.2, -0.15) is 0 Å². The van der Waals surface area contributed by atoms with E-state index in [2.05, 4.69) is 39.1 Å². The lowest BCUT2D eigenvalue weighted by Gasteiger charge is -2.28. The maximum atomic E-state index is 12.2. The number of nitrogens with one attached hydrogen (secondary N) is 1. The molecule has 3 heteroatoms. The van der Waals surface area contributed by atoms with Gasteiger partial charge in [0.1, 0.15) is 6.61 Å². The van der Waals surface area contributed by atoms with E-state index in [4.69, 9.17) is 4.74 Å². The molecule has 0 aliphatic heterocycles. The Hall–Kier alpha value is -1.35. The Labute approximate surface area is 134 Å². The largest absolute Gasteiger partial charge is 0.368 e. The zero-order valence-electron chi connectivity index (χ0n) is 14.3. The molecule has 1 aliphatic carbocycles. The number of amides is 1. The van der Waals surface area contributed by atoms with Crippen LogP contribution in [0, 0.1) is 5.92 Å². The van der Waals surface area contributed by atoms with Crippen LogP contribution in [-0.2, 0) is 14.9 Å². The first kappa shape index (κ1) is 17.0. The number of carbonyl (C=O) groups is 1. The first-order valence-corrected chi connectivity index (χ1v) is 8.39. The molecule has 3 nitrogen and oxygen atoms in total. The monoisotopic (exact) mass is 303 g/mol. The molecular formula is C19H29NO2. The van der Waals surface area contributed by atoms with Gasteiger partial charge in [-0.3, -0.25) is 4.79 Å². The zero-order valence-corrected chi connectivity index (χ0v) is 14.3. The third-order valence-electron chi connectivity index (χ3n) is 4.47. The number of ether oxygens (including phenoxy) is 1. The molecule has 1 saturated carbocycles. The van der Waals surface area contributed by atoms with Gasteiger partial charge in [-0.1, -0.05) is 58.7 Å². The average Bonchev–Trinajstić information content (AvgIpc) is 2.46. The molecule has 122 valence electrons. The fourth-order valence-electron chi connectivity index (χ4n) is 3.14. The van der Waals surface area contributed by atoms with Crippen LogP contribution in [0.3, 0.4) is 0 Å². The van der Waals surface area contributed by atoms with Gasteiger partial charge >= 0.3 is 0 Å². The second-order valence-electron chi connectivity index (χ2n) is 7.45. The molecule has 2 rings (SSSR count). The highest BCUT2D eigenvalue weighted by Gasteiger charge is 2.23. The van der Waals surface area contributed by atoms with Crippen molar-refractivity contribution in [2.45, 2.75) is 64.9 Å². The lowest BCUT2D eigenvalue weighted by Crippen LogP contribution is -2.30. The molecule has 1 aliphatic rings. The predicted molar refractivity (Wildman–Crippen MR) is 91.1 cm³/mol. The third kappa shape index (κ3) is 4.57. The van der Waals surface area contributed by atoms with E-state index in [0.29, 0.717) is 5.92 Å². The van der Waals surface area contributed by atoms with Gasteiger partial charge in [0.2, 0.25) is 5.91 Å².